The van der Waals surface area contributed by atoms with Crippen LogP contribution in [0.4, 0.5) is 5.69 Å². The van der Waals surface area contributed by atoms with Gasteiger partial charge in [-0.25, -0.2) is 0 Å². The molecule has 0 saturated heterocycles. The summed E-state index contributed by atoms with van der Waals surface area (Å²) in [5.41, 5.74) is 0.917. The molecule has 2 nitrogen and oxygen atoms in total. The summed E-state index contributed by atoms with van der Waals surface area (Å²) in [6, 6.07) is 7.82. The molecule has 1 rings (SSSR count). The van der Waals surface area contributed by atoms with Gasteiger partial charge in [-0.15, -0.1) is 0 Å². The molecule has 1 aromatic rings. The van der Waals surface area contributed by atoms with Crippen LogP contribution < -0.4 is 4.90 Å². The van der Waals surface area contributed by atoms with Crippen LogP contribution in [0, 0.1) is 0 Å². The molecule has 0 aliphatic carbocycles. The number of rotatable bonds is 8. The lowest BCUT2D eigenvalue weighted by Crippen LogP contribution is -2.38. The van der Waals surface area contributed by atoms with Crippen molar-refractivity contribution in [3.63, 3.8) is 0 Å². The van der Waals surface area contributed by atoms with E-state index in [1.165, 1.54) is 12.8 Å². The second-order valence-electron chi connectivity index (χ2n) is 5.34. The predicted octanol–water partition coefficient (Wildman–Crippen LogP) is 5.44. The Kier molecular flexibility index (Phi) is 7.68. The second-order valence-corrected chi connectivity index (χ2v) is 5.77. The third-order valence-corrected chi connectivity index (χ3v) is 3.72. The number of anilines is 1. The van der Waals surface area contributed by atoms with Gasteiger partial charge in [-0.2, -0.15) is 0 Å². The van der Waals surface area contributed by atoms with Crippen molar-refractivity contribution < 1.29 is 4.79 Å². The molecule has 1 unspecified atom stereocenters. The molecular weight excluding hydrogens is 270 g/mol. The maximum absolute atomic E-state index is 12.4. The summed E-state index contributed by atoms with van der Waals surface area (Å²) in [4.78, 5) is 14.3. The Balaban J connectivity index is 2.87. The molecule has 0 spiro atoms. The Morgan fingerprint density at radius 2 is 2.00 bits per heavy atom. The molecule has 0 N–H and O–H groups in total. The molecule has 1 amide bonds. The largest absolute Gasteiger partial charge is 0.310 e. The van der Waals surface area contributed by atoms with Crippen LogP contribution in [-0.4, -0.2) is 11.9 Å². The summed E-state index contributed by atoms with van der Waals surface area (Å²) < 4.78 is 0. The molecule has 0 aliphatic rings. The zero-order chi connectivity index (χ0) is 15.0. The van der Waals surface area contributed by atoms with E-state index >= 15 is 0 Å². The molecule has 112 valence electrons. The normalized spacial score (nSPS) is 12.2. The van der Waals surface area contributed by atoms with Crippen LogP contribution in [-0.2, 0) is 4.79 Å². The number of benzene rings is 1. The van der Waals surface area contributed by atoms with Gasteiger partial charge in [0, 0.05) is 23.2 Å². The van der Waals surface area contributed by atoms with Crippen molar-refractivity contribution in [2.45, 2.75) is 65.3 Å². The minimum atomic E-state index is 0.193. The first-order chi connectivity index (χ1) is 9.60. The number of halogens is 1. The summed E-state index contributed by atoms with van der Waals surface area (Å²) >= 11 is 6.06. The van der Waals surface area contributed by atoms with Gasteiger partial charge in [0.15, 0.2) is 0 Å². The van der Waals surface area contributed by atoms with Gasteiger partial charge >= 0.3 is 0 Å². The highest BCUT2D eigenvalue weighted by Crippen LogP contribution is 2.24. The summed E-state index contributed by atoms with van der Waals surface area (Å²) in [5, 5.41) is 0.678. The molecule has 0 fully saturated rings. The average molecular weight is 296 g/mol. The molecule has 3 heteroatoms. The minimum absolute atomic E-state index is 0.193. The molecule has 1 atom stereocenters. The van der Waals surface area contributed by atoms with Gasteiger partial charge in [0.1, 0.15) is 0 Å². The summed E-state index contributed by atoms with van der Waals surface area (Å²) in [6.45, 7) is 6.36. The molecule has 20 heavy (non-hydrogen) atoms. The highest BCUT2D eigenvalue weighted by molar-refractivity contribution is 6.30. The quantitative estimate of drug-likeness (QED) is 0.585. The lowest BCUT2D eigenvalue weighted by Gasteiger charge is -2.30. The van der Waals surface area contributed by atoms with Crippen molar-refractivity contribution >= 4 is 23.2 Å². The van der Waals surface area contributed by atoms with Crippen molar-refractivity contribution in [3.05, 3.63) is 29.3 Å². The molecule has 0 heterocycles. The molecule has 0 radical (unpaired) electrons. The Bertz CT molecular complexity index is 419. The first-order valence-electron chi connectivity index (χ1n) is 7.67. The number of carbonyl (C=O) groups excluding carboxylic acids is 1. The SMILES string of the molecule is CCCCCC(C)N(C(=O)CCC)c1cccc(Cl)c1. The van der Waals surface area contributed by atoms with Gasteiger partial charge in [-0.05, 0) is 38.0 Å². The monoisotopic (exact) mass is 295 g/mol. The van der Waals surface area contributed by atoms with Gasteiger partial charge in [-0.3, -0.25) is 4.79 Å². The Morgan fingerprint density at radius 3 is 2.60 bits per heavy atom. The minimum Gasteiger partial charge on any atom is -0.310 e. The van der Waals surface area contributed by atoms with Gasteiger partial charge in [0.05, 0.1) is 0 Å². The van der Waals surface area contributed by atoms with E-state index in [4.69, 9.17) is 11.6 Å². The van der Waals surface area contributed by atoms with E-state index < -0.39 is 0 Å². The number of hydrogen-bond donors (Lipinski definition) is 0. The Morgan fingerprint density at radius 1 is 1.25 bits per heavy atom. The first-order valence-corrected chi connectivity index (χ1v) is 8.05. The molecule has 0 saturated carbocycles. The number of carbonyl (C=O) groups is 1. The third-order valence-electron chi connectivity index (χ3n) is 3.49. The van der Waals surface area contributed by atoms with Crippen LogP contribution in [0.5, 0.6) is 0 Å². The molecule has 0 aliphatic heterocycles. The standard InChI is InChI=1S/C17H26ClNO/c1-4-6-7-10-14(3)19(17(20)9-5-2)16-12-8-11-15(18)13-16/h8,11-14H,4-7,9-10H2,1-3H3. The Labute approximate surface area is 128 Å². The van der Waals surface area contributed by atoms with Crippen LogP contribution in [0.2, 0.25) is 5.02 Å². The van der Waals surface area contributed by atoms with Crippen molar-refractivity contribution in [1.82, 2.24) is 0 Å². The fourth-order valence-corrected chi connectivity index (χ4v) is 2.61. The van der Waals surface area contributed by atoms with E-state index in [0.717, 1.165) is 24.9 Å². The average Bonchev–Trinajstić information content (AvgIpc) is 2.39. The highest BCUT2D eigenvalue weighted by Gasteiger charge is 2.21. The van der Waals surface area contributed by atoms with E-state index in [1.54, 1.807) is 0 Å². The van der Waals surface area contributed by atoms with Gasteiger partial charge in [0.25, 0.3) is 0 Å². The fraction of sp³-hybridized carbons (Fsp3) is 0.588. The number of amides is 1. The lowest BCUT2D eigenvalue weighted by atomic mass is 10.1. The van der Waals surface area contributed by atoms with Crippen molar-refractivity contribution in [1.29, 1.82) is 0 Å². The van der Waals surface area contributed by atoms with Crippen molar-refractivity contribution in [2.24, 2.45) is 0 Å². The van der Waals surface area contributed by atoms with E-state index in [1.807, 2.05) is 36.1 Å². The number of unbranched alkanes of at least 4 members (excludes halogenated alkanes) is 2. The topological polar surface area (TPSA) is 20.3 Å². The van der Waals surface area contributed by atoms with Crippen LogP contribution >= 0.6 is 11.6 Å². The first kappa shape index (κ1) is 17.0. The van der Waals surface area contributed by atoms with E-state index in [9.17, 15) is 4.79 Å². The van der Waals surface area contributed by atoms with Crippen molar-refractivity contribution in [2.75, 3.05) is 4.90 Å². The smallest absolute Gasteiger partial charge is 0.227 e. The second kappa shape index (κ2) is 9.02. The summed E-state index contributed by atoms with van der Waals surface area (Å²) in [7, 11) is 0. The third kappa shape index (κ3) is 5.16. The molecular formula is C17H26ClNO. The Hall–Kier alpha value is -1.02. The van der Waals surface area contributed by atoms with Crippen LogP contribution in [0.1, 0.15) is 59.3 Å². The van der Waals surface area contributed by atoms with Gasteiger partial charge in [0.2, 0.25) is 5.91 Å². The van der Waals surface area contributed by atoms with Gasteiger partial charge < -0.3 is 4.90 Å². The molecule has 0 aromatic heterocycles. The predicted molar refractivity (Wildman–Crippen MR) is 87.5 cm³/mol. The van der Waals surface area contributed by atoms with Gasteiger partial charge in [-0.1, -0.05) is 50.8 Å². The summed E-state index contributed by atoms with van der Waals surface area (Å²) in [5.74, 6) is 0.193. The highest BCUT2D eigenvalue weighted by atomic mass is 35.5. The van der Waals surface area contributed by atoms with Crippen LogP contribution in [0.3, 0.4) is 0 Å². The molecule has 0 bridgehead atoms. The van der Waals surface area contributed by atoms with E-state index in [2.05, 4.69) is 13.8 Å². The molecule has 1 aromatic carbocycles. The maximum atomic E-state index is 12.4. The van der Waals surface area contributed by atoms with E-state index in [0.29, 0.717) is 11.4 Å². The fourth-order valence-electron chi connectivity index (χ4n) is 2.42. The maximum Gasteiger partial charge on any atom is 0.227 e. The van der Waals surface area contributed by atoms with E-state index in [-0.39, 0.29) is 11.9 Å². The summed E-state index contributed by atoms with van der Waals surface area (Å²) in [6.07, 6.45) is 6.08. The lowest BCUT2D eigenvalue weighted by molar-refractivity contribution is -0.119. The van der Waals surface area contributed by atoms with Crippen molar-refractivity contribution in [3.8, 4) is 0 Å². The van der Waals surface area contributed by atoms with Crippen LogP contribution in [0.15, 0.2) is 24.3 Å². The number of nitrogens with zero attached hydrogens (tertiary/aromatic N) is 1. The number of hydrogen-bond acceptors (Lipinski definition) is 1. The van der Waals surface area contributed by atoms with Crippen LogP contribution in [0.25, 0.3) is 0 Å². The zero-order valence-corrected chi connectivity index (χ0v) is 13.6. The zero-order valence-electron chi connectivity index (χ0n) is 12.9.